The molecule has 0 aliphatic carbocycles. The number of aromatic nitrogens is 2. The molecule has 1 fully saturated rings. The van der Waals surface area contributed by atoms with Crippen molar-refractivity contribution in [1.29, 1.82) is 0 Å². The van der Waals surface area contributed by atoms with Crippen molar-refractivity contribution < 1.29 is 5.11 Å². The summed E-state index contributed by atoms with van der Waals surface area (Å²) in [7, 11) is 0. The number of benzene rings is 1. The highest BCUT2D eigenvalue weighted by atomic mass is 16.3. The fourth-order valence-electron chi connectivity index (χ4n) is 4.03. The van der Waals surface area contributed by atoms with Gasteiger partial charge in [0.15, 0.2) is 0 Å². The summed E-state index contributed by atoms with van der Waals surface area (Å²) in [4.78, 5) is 16.2. The SMILES string of the molecule is CCN(CCO)c1cc(N2CC(C)N(c3ccccc3)C(C)C2)nc(C)n1. The summed E-state index contributed by atoms with van der Waals surface area (Å²) >= 11 is 0. The zero-order valence-electron chi connectivity index (χ0n) is 16.8. The second-order valence-corrected chi connectivity index (χ2v) is 7.28. The van der Waals surface area contributed by atoms with Gasteiger partial charge in [0.1, 0.15) is 17.5 Å². The van der Waals surface area contributed by atoms with Gasteiger partial charge in [-0.05, 0) is 39.8 Å². The third-order valence-corrected chi connectivity index (χ3v) is 5.18. The topological polar surface area (TPSA) is 55.7 Å². The highest BCUT2D eigenvalue weighted by molar-refractivity contribution is 5.55. The Bertz CT molecular complexity index is 727. The van der Waals surface area contributed by atoms with Gasteiger partial charge in [-0.2, -0.15) is 0 Å². The van der Waals surface area contributed by atoms with Crippen molar-refractivity contribution in [2.45, 2.75) is 39.8 Å². The predicted molar refractivity (Wildman–Crippen MR) is 112 cm³/mol. The van der Waals surface area contributed by atoms with Gasteiger partial charge < -0.3 is 19.8 Å². The second kappa shape index (κ2) is 8.57. The van der Waals surface area contributed by atoms with E-state index in [1.54, 1.807) is 0 Å². The maximum absolute atomic E-state index is 9.32. The van der Waals surface area contributed by atoms with Crippen molar-refractivity contribution in [2.75, 3.05) is 47.5 Å². The van der Waals surface area contributed by atoms with Crippen LogP contribution in [0.4, 0.5) is 17.3 Å². The quantitative estimate of drug-likeness (QED) is 0.845. The molecular formula is C21H31N5O. The number of anilines is 3. The molecule has 6 nitrogen and oxygen atoms in total. The first-order valence-corrected chi connectivity index (χ1v) is 9.83. The maximum atomic E-state index is 9.32. The largest absolute Gasteiger partial charge is 0.395 e. The standard InChI is InChI=1S/C21H31N5O/c1-5-24(11-12-27)20-13-21(23-18(4)22-20)25-14-16(2)26(17(3)15-25)19-9-7-6-8-10-19/h6-10,13,16-17,27H,5,11-12,14-15H2,1-4H3. The van der Waals surface area contributed by atoms with E-state index in [9.17, 15) is 5.11 Å². The minimum atomic E-state index is 0.121. The summed E-state index contributed by atoms with van der Waals surface area (Å²) in [6.45, 7) is 11.9. The second-order valence-electron chi connectivity index (χ2n) is 7.28. The van der Waals surface area contributed by atoms with Crippen molar-refractivity contribution in [3.8, 4) is 0 Å². The number of para-hydroxylation sites is 1. The lowest BCUT2D eigenvalue weighted by molar-refractivity contribution is 0.302. The third-order valence-electron chi connectivity index (χ3n) is 5.18. The molecule has 0 bridgehead atoms. The Morgan fingerprint density at radius 3 is 2.37 bits per heavy atom. The Morgan fingerprint density at radius 1 is 1.11 bits per heavy atom. The lowest BCUT2D eigenvalue weighted by atomic mass is 10.1. The number of likely N-dealkylation sites (N-methyl/N-ethyl adjacent to an activating group) is 1. The van der Waals surface area contributed by atoms with Crippen LogP contribution in [0.25, 0.3) is 0 Å². The van der Waals surface area contributed by atoms with Crippen molar-refractivity contribution in [2.24, 2.45) is 0 Å². The molecule has 0 saturated carbocycles. The van der Waals surface area contributed by atoms with Crippen LogP contribution in [0.3, 0.4) is 0 Å². The third kappa shape index (κ3) is 4.33. The Kier molecular flexibility index (Phi) is 6.16. The molecule has 1 N–H and O–H groups in total. The summed E-state index contributed by atoms with van der Waals surface area (Å²) in [6.07, 6.45) is 0. The maximum Gasteiger partial charge on any atom is 0.134 e. The van der Waals surface area contributed by atoms with E-state index in [0.717, 1.165) is 37.1 Å². The molecule has 27 heavy (non-hydrogen) atoms. The molecule has 3 rings (SSSR count). The van der Waals surface area contributed by atoms with Gasteiger partial charge in [-0.3, -0.25) is 0 Å². The Hall–Kier alpha value is -2.34. The summed E-state index contributed by atoms with van der Waals surface area (Å²) in [5, 5.41) is 9.32. The summed E-state index contributed by atoms with van der Waals surface area (Å²) in [5.41, 5.74) is 1.27. The van der Waals surface area contributed by atoms with Gasteiger partial charge in [0.05, 0.1) is 6.61 Å². The first-order valence-electron chi connectivity index (χ1n) is 9.83. The van der Waals surface area contributed by atoms with Gasteiger partial charge in [-0.25, -0.2) is 9.97 Å². The number of hydrogen-bond acceptors (Lipinski definition) is 6. The molecule has 2 heterocycles. The smallest absolute Gasteiger partial charge is 0.134 e. The zero-order chi connectivity index (χ0) is 19.4. The minimum Gasteiger partial charge on any atom is -0.395 e. The van der Waals surface area contributed by atoms with Crippen molar-refractivity contribution in [3.63, 3.8) is 0 Å². The van der Waals surface area contributed by atoms with Crippen LogP contribution < -0.4 is 14.7 Å². The lowest BCUT2D eigenvalue weighted by Gasteiger charge is -2.46. The van der Waals surface area contributed by atoms with E-state index in [1.165, 1.54) is 5.69 Å². The fourth-order valence-corrected chi connectivity index (χ4v) is 4.03. The van der Waals surface area contributed by atoms with Crippen molar-refractivity contribution in [3.05, 3.63) is 42.2 Å². The normalized spacial score (nSPS) is 20.0. The van der Waals surface area contributed by atoms with Crippen LogP contribution in [0, 0.1) is 6.92 Å². The average Bonchev–Trinajstić information content (AvgIpc) is 2.66. The fraction of sp³-hybridized carbons (Fsp3) is 0.524. The first kappa shape index (κ1) is 19.4. The minimum absolute atomic E-state index is 0.121. The number of aryl methyl sites for hydroxylation is 1. The van der Waals surface area contributed by atoms with E-state index in [2.05, 4.69) is 76.9 Å². The number of piperazine rings is 1. The molecule has 1 aliphatic heterocycles. The predicted octanol–water partition coefficient (Wildman–Crippen LogP) is 2.71. The monoisotopic (exact) mass is 369 g/mol. The van der Waals surface area contributed by atoms with E-state index < -0.39 is 0 Å². The average molecular weight is 370 g/mol. The van der Waals surface area contributed by atoms with E-state index in [4.69, 9.17) is 4.98 Å². The molecule has 6 heteroatoms. The van der Waals surface area contributed by atoms with Crippen LogP contribution in [-0.2, 0) is 0 Å². The first-order chi connectivity index (χ1) is 13.0. The van der Waals surface area contributed by atoms with Gasteiger partial charge in [0.25, 0.3) is 0 Å². The van der Waals surface area contributed by atoms with Gasteiger partial charge in [-0.1, -0.05) is 18.2 Å². The van der Waals surface area contributed by atoms with E-state index >= 15 is 0 Å². The molecule has 0 radical (unpaired) electrons. The molecule has 2 unspecified atom stereocenters. The highest BCUT2D eigenvalue weighted by Crippen LogP contribution is 2.28. The van der Waals surface area contributed by atoms with Gasteiger partial charge >= 0.3 is 0 Å². The number of aliphatic hydroxyl groups excluding tert-OH is 1. The van der Waals surface area contributed by atoms with Crippen LogP contribution >= 0.6 is 0 Å². The lowest BCUT2D eigenvalue weighted by Crippen LogP contribution is -2.57. The van der Waals surface area contributed by atoms with Crippen molar-refractivity contribution >= 4 is 17.3 Å². The molecular weight excluding hydrogens is 338 g/mol. The van der Waals surface area contributed by atoms with Gasteiger partial charge in [-0.15, -0.1) is 0 Å². The molecule has 2 atom stereocenters. The Morgan fingerprint density at radius 2 is 1.78 bits per heavy atom. The van der Waals surface area contributed by atoms with Crippen LogP contribution in [0.15, 0.2) is 36.4 Å². The molecule has 0 spiro atoms. The van der Waals surface area contributed by atoms with Gasteiger partial charge in [0, 0.05) is 50.0 Å². The molecule has 1 aromatic heterocycles. The molecule has 146 valence electrons. The van der Waals surface area contributed by atoms with Crippen molar-refractivity contribution in [1.82, 2.24) is 9.97 Å². The zero-order valence-corrected chi connectivity index (χ0v) is 16.8. The van der Waals surface area contributed by atoms with Crippen LogP contribution in [0.5, 0.6) is 0 Å². The van der Waals surface area contributed by atoms with Crippen LogP contribution in [0.1, 0.15) is 26.6 Å². The number of aliphatic hydroxyl groups is 1. The Labute approximate surface area is 162 Å². The summed E-state index contributed by atoms with van der Waals surface area (Å²) in [5.74, 6) is 2.63. The molecule has 1 saturated heterocycles. The Balaban J connectivity index is 1.83. The molecule has 2 aromatic rings. The van der Waals surface area contributed by atoms with E-state index in [-0.39, 0.29) is 6.61 Å². The molecule has 0 amide bonds. The van der Waals surface area contributed by atoms with Gasteiger partial charge in [0.2, 0.25) is 0 Å². The van der Waals surface area contributed by atoms with E-state index in [1.807, 2.05) is 6.92 Å². The summed E-state index contributed by atoms with van der Waals surface area (Å²) in [6, 6.07) is 13.5. The summed E-state index contributed by atoms with van der Waals surface area (Å²) < 4.78 is 0. The number of rotatable bonds is 6. The number of hydrogen-bond donors (Lipinski definition) is 1. The van der Waals surface area contributed by atoms with Crippen LogP contribution in [-0.4, -0.2) is 59.9 Å². The molecule has 1 aromatic carbocycles. The highest BCUT2D eigenvalue weighted by Gasteiger charge is 2.30. The van der Waals surface area contributed by atoms with Crippen LogP contribution in [0.2, 0.25) is 0 Å². The van der Waals surface area contributed by atoms with E-state index in [0.29, 0.717) is 18.6 Å². The number of nitrogens with zero attached hydrogens (tertiary/aromatic N) is 5. The molecule has 1 aliphatic rings.